The van der Waals surface area contributed by atoms with Crippen LogP contribution in [0.3, 0.4) is 0 Å². The molecular weight excluding hydrogens is 298 g/mol. The average Bonchev–Trinajstić information content (AvgIpc) is 2.91. The lowest BCUT2D eigenvalue weighted by atomic mass is 9.94. The molecule has 1 saturated heterocycles. The zero-order chi connectivity index (χ0) is 16.2. The molecule has 0 atom stereocenters. The van der Waals surface area contributed by atoms with Crippen LogP contribution in [-0.2, 0) is 11.3 Å². The maximum absolute atomic E-state index is 12.0. The first-order valence-electron chi connectivity index (χ1n) is 7.94. The van der Waals surface area contributed by atoms with Crippen molar-refractivity contribution in [1.82, 2.24) is 9.47 Å². The van der Waals surface area contributed by atoms with E-state index in [4.69, 9.17) is 4.74 Å². The molecule has 0 N–H and O–H groups in total. The molecule has 0 spiro atoms. The molecule has 1 aliphatic heterocycles. The number of aromatic nitrogens is 1. The summed E-state index contributed by atoms with van der Waals surface area (Å²) in [6.45, 7) is 8.34. The van der Waals surface area contributed by atoms with Gasteiger partial charge in [0.15, 0.2) is 4.80 Å². The first-order chi connectivity index (χ1) is 10.4. The molecule has 1 amide bonds. The Morgan fingerprint density at radius 2 is 2.09 bits per heavy atom. The Morgan fingerprint density at radius 1 is 1.41 bits per heavy atom. The van der Waals surface area contributed by atoms with Crippen LogP contribution in [0, 0.1) is 5.92 Å². The number of carbonyl (C=O) groups is 1. The van der Waals surface area contributed by atoms with E-state index in [0.717, 1.165) is 43.7 Å². The van der Waals surface area contributed by atoms with Crippen molar-refractivity contribution in [2.75, 3.05) is 20.1 Å². The number of likely N-dealkylation sites (tertiary alicyclic amines) is 1. The van der Waals surface area contributed by atoms with Gasteiger partial charge >= 0.3 is 6.09 Å². The Hall–Kier alpha value is -1.30. The topological polar surface area (TPSA) is 46.8 Å². The molecule has 1 aliphatic rings. The number of piperidine rings is 1. The van der Waals surface area contributed by atoms with E-state index < -0.39 is 5.60 Å². The van der Waals surface area contributed by atoms with Gasteiger partial charge in [0.25, 0.3) is 0 Å². The van der Waals surface area contributed by atoms with Crippen molar-refractivity contribution in [1.29, 1.82) is 0 Å². The number of ether oxygens (including phenoxy) is 1. The van der Waals surface area contributed by atoms with Crippen molar-refractivity contribution < 1.29 is 9.53 Å². The second-order valence-corrected chi connectivity index (χ2v) is 7.68. The summed E-state index contributed by atoms with van der Waals surface area (Å²) < 4.78 is 7.65. The summed E-state index contributed by atoms with van der Waals surface area (Å²) in [6.07, 6.45) is 5.19. The second kappa shape index (κ2) is 7.31. The number of aryl methyl sites for hydroxylation is 1. The molecule has 2 rings (SSSR count). The minimum absolute atomic E-state index is 0.176. The van der Waals surface area contributed by atoms with Gasteiger partial charge in [0.1, 0.15) is 5.60 Å². The minimum atomic E-state index is -0.413. The van der Waals surface area contributed by atoms with E-state index in [0.29, 0.717) is 5.92 Å². The molecular formula is C16H27N3O2S. The molecule has 0 aliphatic carbocycles. The number of carbonyl (C=O) groups excluding carboxylic acids is 1. The van der Waals surface area contributed by atoms with Crippen LogP contribution in [0.25, 0.3) is 0 Å². The van der Waals surface area contributed by atoms with Gasteiger partial charge in [0.2, 0.25) is 0 Å². The molecule has 124 valence electrons. The lowest BCUT2D eigenvalue weighted by molar-refractivity contribution is 0.0180. The lowest BCUT2D eigenvalue weighted by Gasteiger charge is -2.33. The highest BCUT2D eigenvalue weighted by molar-refractivity contribution is 7.07. The smallest absolute Gasteiger partial charge is 0.410 e. The first kappa shape index (κ1) is 17.1. The van der Waals surface area contributed by atoms with Crippen molar-refractivity contribution >= 4 is 17.4 Å². The number of hydrogen-bond acceptors (Lipinski definition) is 4. The van der Waals surface area contributed by atoms with Gasteiger partial charge in [0.05, 0.1) is 0 Å². The van der Waals surface area contributed by atoms with E-state index in [9.17, 15) is 4.79 Å². The summed E-state index contributed by atoms with van der Waals surface area (Å²) in [5, 5.41) is 2.08. The molecule has 1 aromatic heterocycles. The standard InChI is InChI=1S/C16H27N3O2S/c1-16(2,3)21-15(20)19-9-6-13(7-10-19)5-8-18-11-12-22-14(18)17-4/h11-13H,5-10H2,1-4H3/b17-14-. The third-order valence-electron chi connectivity index (χ3n) is 3.90. The van der Waals surface area contributed by atoms with Crippen molar-refractivity contribution in [3.63, 3.8) is 0 Å². The Bertz CT molecular complexity index is 548. The minimum Gasteiger partial charge on any atom is -0.444 e. The molecule has 0 unspecified atom stereocenters. The second-order valence-electron chi connectivity index (χ2n) is 6.80. The van der Waals surface area contributed by atoms with Crippen molar-refractivity contribution in [2.45, 2.75) is 52.2 Å². The predicted octanol–water partition coefficient (Wildman–Crippen LogP) is 3.12. The third-order valence-corrected chi connectivity index (χ3v) is 4.78. The first-order valence-corrected chi connectivity index (χ1v) is 8.81. The zero-order valence-electron chi connectivity index (χ0n) is 14.0. The normalized spacial score (nSPS) is 17.8. The number of hydrogen-bond donors (Lipinski definition) is 0. The van der Waals surface area contributed by atoms with Crippen molar-refractivity contribution in [3.8, 4) is 0 Å². The largest absolute Gasteiger partial charge is 0.444 e. The monoisotopic (exact) mass is 325 g/mol. The molecule has 6 heteroatoms. The molecule has 22 heavy (non-hydrogen) atoms. The SMILES string of the molecule is C/N=c1\sccn1CCC1CCN(C(=O)OC(C)(C)C)CC1. The average molecular weight is 325 g/mol. The Balaban J connectivity index is 1.77. The molecule has 0 bridgehead atoms. The van der Waals surface area contributed by atoms with Gasteiger partial charge in [0, 0.05) is 38.3 Å². The van der Waals surface area contributed by atoms with E-state index >= 15 is 0 Å². The molecule has 1 aromatic rings. The summed E-state index contributed by atoms with van der Waals surface area (Å²) in [5.74, 6) is 0.677. The van der Waals surface area contributed by atoms with Gasteiger partial charge in [-0.3, -0.25) is 4.99 Å². The molecule has 0 radical (unpaired) electrons. The fourth-order valence-corrected chi connectivity index (χ4v) is 3.42. The van der Waals surface area contributed by atoms with Gasteiger partial charge in [-0.2, -0.15) is 0 Å². The van der Waals surface area contributed by atoms with Crippen LogP contribution in [0.2, 0.25) is 0 Å². The van der Waals surface area contributed by atoms with Crippen molar-refractivity contribution in [3.05, 3.63) is 16.4 Å². The molecule has 1 fully saturated rings. The molecule has 2 heterocycles. The van der Waals surface area contributed by atoms with Crippen LogP contribution in [0.5, 0.6) is 0 Å². The van der Waals surface area contributed by atoms with E-state index in [1.165, 1.54) is 0 Å². The Labute approximate surface area is 136 Å². The summed E-state index contributed by atoms with van der Waals surface area (Å²) in [4.78, 5) is 19.2. The van der Waals surface area contributed by atoms with E-state index in [-0.39, 0.29) is 6.09 Å². The maximum atomic E-state index is 12.0. The number of thiazole rings is 1. The van der Waals surface area contributed by atoms with Crippen LogP contribution >= 0.6 is 11.3 Å². The quantitative estimate of drug-likeness (QED) is 0.857. The van der Waals surface area contributed by atoms with E-state index in [1.54, 1.807) is 11.3 Å². The number of amides is 1. The van der Waals surface area contributed by atoms with Gasteiger partial charge in [-0.15, -0.1) is 11.3 Å². The Kier molecular flexibility index (Phi) is 5.67. The van der Waals surface area contributed by atoms with Crippen LogP contribution in [0.4, 0.5) is 4.79 Å². The highest BCUT2D eigenvalue weighted by Gasteiger charge is 2.26. The maximum Gasteiger partial charge on any atom is 0.410 e. The van der Waals surface area contributed by atoms with Gasteiger partial charge in [-0.1, -0.05) is 0 Å². The van der Waals surface area contributed by atoms with Gasteiger partial charge in [-0.25, -0.2) is 4.79 Å². The molecule has 0 aromatic carbocycles. The number of rotatable bonds is 3. The highest BCUT2D eigenvalue weighted by atomic mass is 32.1. The van der Waals surface area contributed by atoms with Gasteiger partial charge in [-0.05, 0) is 46.0 Å². The van der Waals surface area contributed by atoms with E-state index in [2.05, 4.69) is 21.1 Å². The fourth-order valence-electron chi connectivity index (χ4n) is 2.70. The summed E-state index contributed by atoms with van der Waals surface area (Å²) >= 11 is 1.67. The molecule has 5 nitrogen and oxygen atoms in total. The third kappa shape index (κ3) is 4.87. The van der Waals surface area contributed by atoms with E-state index in [1.807, 2.05) is 32.7 Å². The van der Waals surface area contributed by atoms with Crippen LogP contribution in [-0.4, -0.2) is 41.3 Å². The number of nitrogens with zero attached hydrogens (tertiary/aromatic N) is 3. The molecule has 0 saturated carbocycles. The lowest BCUT2D eigenvalue weighted by Crippen LogP contribution is -2.41. The van der Waals surface area contributed by atoms with Crippen LogP contribution < -0.4 is 4.80 Å². The van der Waals surface area contributed by atoms with Crippen molar-refractivity contribution in [2.24, 2.45) is 10.9 Å². The fraction of sp³-hybridized carbons (Fsp3) is 0.750. The summed E-state index contributed by atoms with van der Waals surface area (Å²) in [5.41, 5.74) is -0.413. The summed E-state index contributed by atoms with van der Waals surface area (Å²) in [7, 11) is 1.83. The summed E-state index contributed by atoms with van der Waals surface area (Å²) in [6, 6.07) is 0. The van der Waals surface area contributed by atoms with Crippen LogP contribution in [0.15, 0.2) is 16.6 Å². The zero-order valence-corrected chi connectivity index (χ0v) is 14.9. The van der Waals surface area contributed by atoms with Crippen LogP contribution in [0.1, 0.15) is 40.0 Å². The predicted molar refractivity (Wildman–Crippen MR) is 88.9 cm³/mol. The Morgan fingerprint density at radius 3 is 2.68 bits per heavy atom. The highest BCUT2D eigenvalue weighted by Crippen LogP contribution is 2.22. The van der Waals surface area contributed by atoms with Gasteiger partial charge < -0.3 is 14.2 Å².